The van der Waals surface area contributed by atoms with E-state index in [0.717, 1.165) is 38.5 Å². The molecule has 3 rings (SSSR count). The number of thiazole rings is 1. The molecule has 1 atom stereocenters. The molecule has 2 amide bonds. The van der Waals surface area contributed by atoms with Gasteiger partial charge in [0.05, 0.1) is 23.6 Å². The molecule has 0 radical (unpaired) electrons. The lowest BCUT2D eigenvalue weighted by atomic mass is 10.2. The van der Waals surface area contributed by atoms with Crippen LogP contribution in [-0.4, -0.2) is 34.3 Å². The molecule has 0 saturated heterocycles. The number of thioether (sulfide) groups is 2. The van der Waals surface area contributed by atoms with E-state index >= 15 is 0 Å². The first-order valence-electron chi connectivity index (χ1n) is 8.37. The quantitative estimate of drug-likeness (QED) is 0.768. The minimum atomic E-state index is -0.364. The molecule has 1 aromatic carbocycles. The first-order valence-corrected chi connectivity index (χ1v) is 11.1. The van der Waals surface area contributed by atoms with Crippen LogP contribution in [0.15, 0.2) is 33.5 Å². The molecule has 0 saturated carbocycles. The number of hydrogen-bond donors (Lipinski definition) is 1. The van der Waals surface area contributed by atoms with Gasteiger partial charge < -0.3 is 10.6 Å². The number of carbonyl (C=O) groups is 2. The molecule has 1 aromatic heterocycles. The summed E-state index contributed by atoms with van der Waals surface area (Å²) in [5.74, 6) is 0.0507. The number of fused-ring (bicyclic) bond motifs is 1. The van der Waals surface area contributed by atoms with E-state index in [1.807, 2.05) is 41.8 Å². The van der Waals surface area contributed by atoms with Gasteiger partial charge in [-0.3, -0.25) is 9.59 Å². The van der Waals surface area contributed by atoms with Crippen molar-refractivity contribution in [3.05, 3.63) is 34.8 Å². The average molecular weight is 408 g/mol. The number of benzene rings is 1. The number of carbonyl (C=O) groups excluding carboxylic acids is 2. The fourth-order valence-electron chi connectivity index (χ4n) is 2.73. The number of aryl methyl sites for hydroxylation is 1. The van der Waals surface area contributed by atoms with Crippen LogP contribution in [0.4, 0.5) is 5.69 Å². The molecule has 0 bridgehead atoms. The second-order valence-corrected chi connectivity index (χ2v) is 9.94. The summed E-state index contributed by atoms with van der Waals surface area (Å²) in [6.07, 6.45) is 1.17. The van der Waals surface area contributed by atoms with Crippen LogP contribution in [0.3, 0.4) is 0 Å². The van der Waals surface area contributed by atoms with E-state index in [1.54, 1.807) is 0 Å². The van der Waals surface area contributed by atoms with Gasteiger partial charge in [0.1, 0.15) is 0 Å². The van der Waals surface area contributed by atoms with E-state index in [9.17, 15) is 9.59 Å². The van der Waals surface area contributed by atoms with E-state index < -0.39 is 0 Å². The second kappa shape index (κ2) is 8.45. The van der Waals surface area contributed by atoms with Crippen molar-refractivity contribution in [2.75, 3.05) is 17.2 Å². The maximum Gasteiger partial charge on any atom is 0.237 e. The van der Waals surface area contributed by atoms with Gasteiger partial charge in [-0.1, -0.05) is 30.8 Å². The predicted octanol–water partition coefficient (Wildman–Crippen LogP) is 3.49. The Morgan fingerprint density at radius 3 is 2.92 bits per heavy atom. The Labute approximate surface area is 165 Å². The Morgan fingerprint density at radius 1 is 1.38 bits per heavy atom. The van der Waals surface area contributed by atoms with Crippen LogP contribution in [0, 0.1) is 6.92 Å². The number of nitrogens with zero attached hydrogens (tertiary/aromatic N) is 2. The minimum absolute atomic E-state index is 0.0847. The zero-order valence-electron chi connectivity index (χ0n) is 14.7. The van der Waals surface area contributed by atoms with Crippen LogP contribution < -0.4 is 10.6 Å². The van der Waals surface area contributed by atoms with Crippen molar-refractivity contribution in [3.63, 3.8) is 0 Å². The standard InChI is InChI=1S/C18H21N3O2S3/c1-11-7-8-21(13-5-3-4-6-14(13)25-11)17(23)10-24-18-20-12(2)15(26-18)9-16(19)22/h3-6,11H,7-10H2,1-2H3,(H2,19,22). The lowest BCUT2D eigenvalue weighted by Crippen LogP contribution is -2.33. The van der Waals surface area contributed by atoms with Crippen molar-refractivity contribution in [1.82, 2.24) is 4.98 Å². The number of aromatic nitrogens is 1. The van der Waals surface area contributed by atoms with Crippen molar-refractivity contribution in [2.24, 2.45) is 5.73 Å². The molecule has 2 aromatic rings. The van der Waals surface area contributed by atoms with Crippen LogP contribution >= 0.6 is 34.9 Å². The Hall–Kier alpha value is -1.51. The van der Waals surface area contributed by atoms with E-state index in [2.05, 4.69) is 18.0 Å². The number of anilines is 1. The van der Waals surface area contributed by atoms with Gasteiger partial charge in [-0.15, -0.1) is 23.1 Å². The molecule has 1 aliphatic rings. The van der Waals surface area contributed by atoms with Crippen LogP contribution in [-0.2, 0) is 16.0 Å². The molecule has 26 heavy (non-hydrogen) atoms. The highest BCUT2D eigenvalue weighted by Gasteiger charge is 2.24. The smallest absolute Gasteiger partial charge is 0.237 e. The normalized spacial score (nSPS) is 16.8. The molecular formula is C18H21N3O2S3. The first kappa shape index (κ1) is 19.3. The molecule has 138 valence electrons. The zero-order valence-corrected chi connectivity index (χ0v) is 17.2. The van der Waals surface area contributed by atoms with E-state index in [4.69, 9.17) is 5.73 Å². The van der Waals surface area contributed by atoms with Gasteiger partial charge in [0.2, 0.25) is 11.8 Å². The molecular weight excluding hydrogens is 386 g/mol. The summed E-state index contributed by atoms with van der Waals surface area (Å²) in [4.78, 5) is 32.3. The highest BCUT2D eigenvalue weighted by Crippen LogP contribution is 2.38. The van der Waals surface area contributed by atoms with Gasteiger partial charge in [0.15, 0.2) is 4.34 Å². The number of rotatable bonds is 5. The summed E-state index contributed by atoms with van der Waals surface area (Å²) in [6.45, 7) is 4.79. The summed E-state index contributed by atoms with van der Waals surface area (Å²) in [5.41, 5.74) is 7.08. The maximum atomic E-state index is 12.9. The lowest BCUT2D eigenvalue weighted by Gasteiger charge is -2.22. The lowest BCUT2D eigenvalue weighted by molar-refractivity contribution is -0.117. The maximum absolute atomic E-state index is 12.9. The van der Waals surface area contributed by atoms with Crippen molar-refractivity contribution in [3.8, 4) is 0 Å². The third-order valence-electron chi connectivity index (χ3n) is 4.07. The number of primary amides is 1. The zero-order chi connectivity index (χ0) is 18.7. The molecule has 8 heteroatoms. The van der Waals surface area contributed by atoms with E-state index in [0.29, 0.717) is 11.0 Å². The highest BCUT2D eigenvalue weighted by atomic mass is 32.2. The molecule has 1 aliphatic heterocycles. The Morgan fingerprint density at radius 2 is 2.15 bits per heavy atom. The number of amides is 2. The van der Waals surface area contributed by atoms with Crippen molar-refractivity contribution < 1.29 is 9.59 Å². The van der Waals surface area contributed by atoms with Crippen LogP contribution in [0.25, 0.3) is 0 Å². The van der Waals surface area contributed by atoms with Gasteiger partial charge in [0, 0.05) is 21.6 Å². The third-order valence-corrected chi connectivity index (χ3v) is 7.59. The van der Waals surface area contributed by atoms with E-state index in [1.165, 1.54) is 23.1 Å². The molecule has 0 spiro atoms. The van der Waals surface area contributed by atoms with E-state index in [-0.39, 0.29) is 18.2 Å². The predicted molar refractivity (Wildman–Crippen MR) is 109 cm³/mol. The van der Waals surface area contributed by atoms with Crippen LogP contribution in [0.5, 0.6) is 0 Å². The first-order chi connectivity index (χ1) is 12.4. The molecule has 2 N–H and O–H groups in total. The monoisotopic (exact) mass is 407 g/mol. The van der Waals surface area contributed by atoms with Crippen LogP contribution in [0.2, 0.25) is 0 Å². The van der Waals surface area contributed by atoms with Crippen molar-refractivity contribution in [2.45, 2.75) is 41.2 Å². The Kier molecular flexibility index (Phi) is 6.26. The highest BCUT2D eigenvalue weighted by molar-refractivity contribution is 8.01. The Bertz CT molecular complexity index is 822. The molecule has 2 heterocycles. The van der Waals surface area contributed by atoms with Crippen molar-refractivity contribution >= 4 is 52.4 Å². The van der Waals surface area contributed by atoms with Gasteiger partial charge in [-0.05, 0) is 25.5 Å². The number of hydrogen-bond acceptors (Lipinski definition) is 6. The minimum Gasteiger partial charge on any atom is -0.369 e. The summed E-state index contributed by atoms with van der Waals surface area (Å²) in [6, 6.07) is 8.08. The van der Waals surface area contributed by atoms with Gasteiger partial charge in [-0.25, -0.2) is 4.98 Å². The summed E-state index contributed by atoms with van der Waals surface area (Å²) in [7, 11) is 0. The molecule has 0 aliphatic carbocycles. The average Bonchev–Trinajstić information content (AvgIpc) is 2.83. The third kappa shape index (κ3) is 4.61. The summed E-state index contributed by atoms with van der Waals surface area (Å²) >= 11 is 4.69. The number of nitrogens with two attached hydrogens (primary N) is 1. The summed E-state index contributed by atoms with van der Waals surface area (Å²) < 4.78 is 0.804. The van der Waals surface area contributed by atoms with Crippen LogP contribution in [0.1, 0.15) is 23.9 Å². The summed E-state index contributed by atoms with van der Waals surface area (Å²) in [5, 5.41) is 0.486. The topological polar surface area (TPSA) is 76.3 Å². The second-order valence-electron chi connectivity index (χ2n) is 6.15. The van der Waals surface area contributed by atoms with Gasteiger partial charge in [-0.2, -0.15) is 0 Å². The molecule has 5 nitrogen and oxygen atoms in total. The number of para-hydroxylation sites is 1. The SMILES string of the molecule is Cc1nc(SCC(=O)N2CCC(C)Sc3ccccc32)sc1CC(N)=O. The Balaban J connectivity index is 1.69. The largest absolute Gasteiger partial charge is 0.369 e. The van der Waals surface area contributed by atoms with Gasteiger partial charge in [0.25, 0.3) is 0 Å². The van der Waals surface area contributed by atoms with Gasteiger partial charge >= 0.3 is 0 Å². The fraction of sp³-hybridized carbons (Fsp3) is 0.389. The fourth-order valence-corrected chi connectivity index (χ4v) is 5.97. The van der Waals surface area contributed by atoms with Crippen molar-refractivity contribution in [1.29, 1.82) is 0 Å². The molecule has 0 fully saturated rings. The molecule has 1 unspecified atom stereocenters.